The molecule has 0 spiro atoms. The quantitative estimate of drug-likeness (QED) is 0.916. The molecule has 0 bridgehead atoms. The monoisotopic (exact) mass is 334 g/mol. The van der Waals surface area contributed by atoms with Crippen LogP contribution in [0.5, 0.6) is 0 Å². The maximum atomic E-state index is 12.6. The molecular weight excluding hydrogens is 329 g/mol. The lowest BCUT2D eigenvalue weighted by molar-refractivity contribution is -0.137. The number of aromatic nitrogens is 2. The maximum Gasteiger partial charge on any atom is 0.416 e. The van der Waals surface area contributed by atoms with Crippen molar-refractivity contribution in [2.24, 2.45) is 0 Å². The molecule has 0 aliphatic carbocycles. The summed E-state index contributed by atoms with van der Waals surface area (Å²) in [6.45, 7) is 0. The van der Waals surface area contributed by atoms with E-state index in [1.807, 2.05) is 0 Å². The van der Waals surface area contributed by atoms with Gasteiger partial charge in [-0.3, -0.25) is 0 Å². The molecule has 8 heteroatoms. The summed E-state index contributed by atoms with van der Waals surface area (Å²) < 4.78 is 39.3. The number of hydrogen-bond acceptors (Lipinski definition) is 2. The molecule has 0 unspecified atom stereocenters. The number of carboxylic acid groups (broad SMARTS) is 1. The highest BCUT2D eigenvalue weighted by Gasteiger charge is 2.31. The van der Waals surface area contributed by atoms with E-state index in [0.29, 0.717) is 4.47 Å². The number of rotatable bonds is 2. The fraction of sp³-hybridized carbons (Fsp3) is 0.0909. The van der Waals surface area contributed by atoms with Gasteiger partial charge in [-0.2, -0.15) is 18.3 Å². The summed E-state index contributed by atoms with van der Waals surface area (Å²) in [4.78, 5) is 10.7. The van der Waals surface area contributed by atoms with Gasteiger partial charge in [-0.15, -0.1) is 0 Å². The van der Waals surface area contributed by atoms with Crippen molar-refractivity contribution in [2.45, 2.75) is 6.18 Å². The number of nitrogens with zero attached hydrogens (tertiary/aromatic N) is 2. The van der Waals surface area contributed by atoms with Crippen LogP contribution in [-0.4, -0.2) is 20.9 Å². The first-order valence-corrected chi connectivity index (χ1v) is 5.74. The zero-order chi connectivity index (χ0) is 14.2. The van der Waals surface area contributed by atoms with Gasteiger partial charge in [0.1, 0.15) is 0 Å². The van der Waals surface area contributed by atoms with Crippen LogP contribution in [0, 0.1) is 0 Å². The van der Waals surface area contributed by atoms with Gasteiger partial charge in [0.25, 0.3) is 0 Å². The second-order valence-corrected chi connectivity index (χ2v) is 4.47. The molecule has 0 saturated carbocycles. The van der Waals surface area contributed by atoms with E-state index in [4.69, 9.17) is 5.11 Å². The van der Waals surface area contributed by atoms with Crippen LogP contribution in [0.15, 0.2) is 34.9 Å². The number of halogens is 4. The number of carboxylic acids is 1. The lowest BCUT2D eigenvalue weighted by Crippen LogP contribution is -2.07. The molecule has 4 nitrogen and oxygen atoms in total. The first-order valence-electron chi connectivity index (χ1n) is 4.95. The van der Waals surface area contributed by atoms with Crippen molar-refractivity contribution in [3.05, 3.63) is 46.2 Å². The molecule has 2 aromatic rings. The Morgan fingerprint density at radius 2 is 2.00 bits per heavy atom. The summed E-state index contributed by atoms with van der Waals surface area (Å²) in [5, 5.41) is 12.4. The summed E-state index contributed by atoms with van der Waals surface area (Å²) in [6, 6.07) is 4.26. The zero-order valence-electron chi connectivity index (χ0n) is 9.15. The third-order valence-electron chi connectivity index (χ3n) is 2.33. The Morgan fingerprint density at radius 3 is 2.53 bits per heavy atom. The van der Waals surface area contributed by atoms with Crippen LogP contribution in [0.3, 0.4) is 0 Å². The lowest BCUT2D eigenvalue weighted by Gasteiger charge is -2.10. The van der Waals surface area contributed by atoms with Crippen molar-refractivity contribution in [1.82, 2.24) is 9.78 Å². The van der Waals surface area contributed by atoms with E-state index in [-0.39, 0.29) is 11.4 Å². The largest absolute Gasteiger partial charge is 0.476 e. The number of hydrogen-bond donors (Lipinski definition) is 1. The molecule has 0 saturated heterocycles. The number of benzene rings is 1. The highest BCUT2D eigenvalue weighted by molar-refractivity contribution is 9.10. The third kappa shape index (κ3) is 2.78. The van der Waals surface area contributed by atoms with Gasteiger partial charge in [0.05, 0.1) is 11.3 Å². The molecule has 0 aliphatic heterocycles. The predicted octanol–water partition coefficient (Wildman–Crippen LogP) is 3.35. The van der Waals surface area contributed by atoms with Crippen molar-refractivity contribution in [2.75, 3.05) is 0 Å². The number of aromatic carboxylic acids is 1. The van der Waals surface area contributed by atoms with E-state index in [2.05, 4.69) is 21.0 Å². The van der Waals surface area contributed by atoms with E-state index in [9.17, 15) is 18.0 Å². The van der Waals surface area contributed by atoms with Crippen LogP contribution in [0.25, 0.3) is 5.69 Å². The van der Waals surface area contributed by atoms with Crippen molar-refractivity contribution in [3.8, 4) is 5.69 Å². The molecule has 1 heterocycles. The Balaban J connectivity index is 2.51. The van der Waals surface area contributed by atoms with Crippen molar-refractivity contribution in [1.29, 1.82) is 0 Å². The van der Waals surface area contributed by atoms with Gasteiger partial charge in [-0.25, -0.2) is 9.48 Å². The van der Waals surface area contributed by atoms with Crippen LogP contribution in [0.2, 0.25) is 0 Å². The molecule has 0 aliphatic rings. The lowest BCUT2D eigenvalue weighted by atomic mass is 10.2. The van der Waals surface area contributed by atoms with E-state index in [0.717, 1.165) is 16.8 Å². The SMILES string of the molecule is O=C(O)c1ccn(-c2cc(C(F)(F)F)ccc2Br)n1. The molecule has 1 aromatic carbocycles. The van der Waals surface area contributed by atoms with Crippen molar-refractivity contribution < 1.29 is 23.1 Å². The standard InChI is InChI=1S/C11H6BrF3N2O2/c12-7-2-1-6(11(13,14)15)5-9(7)17-4-3-8(16-17)10(18)19/h1-5H,(H,18,19). The fourth-order valence-corrected chi connectivity index (χ4v) is 1.87. The van der Waals surface area contributed by atoms with Gasteiger partial charge in [0, 0.05) is 10.7 Å². The summed E-state index contributed by atoms with van der Waals surface area (Å²) in [6.07, 6.45) is -3.19. The van der Waals surface area contributed by atoms with E-state index >= 15 is 0 Å². The molecule has 0 radical (unpaired) electrons. The van der Waals surface area contributed by atoms with E-state index < -0.39 is 17.7 Å². The Hall–Kier alpha value is -1.83. The second-order valence-electron chi connectivity index (χ2n) is 3.61. The predicted molar refractivity (Wildman–Crippen MR) is 63.2 cm³/mol. The summed E-state index contributed by atoms with van der Waals surface area (Å²) in [7, 11) is 0. The summed E-state index contributed by atoms with van der Waals surface area (Å²) in [5.41, 5.74) is -0.968. The first kappa shape index (κ1) is 13.6. The van der Waals surface area contributed by atoms with Crippen molar-refractivity contribution in [3.63, 3.8) is 0 Å². The molecule has 0 fully saturated rings. The second kappa shape index (κ2) is 4.69. The normalized spacial score (nSPS) is 11.6. The molecule has 2 rings (SSSR count). The van der Waals surface area contributed by atoms with E-state index in [1.54, 1.807) is 0 Å². The van der Waals surface area contributed by atoms with Crippen LogP contribution < -0.4 is 0 Å². The maximum absolute atomic E-state index is 12.6. The highest BCUT2D eigenvalue weighted by atomic mass is 79.9. The summed E-state index contributed by atoms with van der Waals surface area (Å²) in [5.74, 6) is -1.25. The molecule has 0 atom stereocenters. The molecule has 0 amide bonds. The number of carbonyl (C=O) groups is 1. The van der Waals surface area contributed by atoms with Crippen LogP contribution in [0.4, 0.5) is 13.2 Å². The van der Waals surface area contributed by atoms with Gasteiger partial charge in [0.2, 0.25) is 0 Å². The van der Waals surface area contributed by atoms with Gasteiger partial charge in [-0.1, -0.05) is 0 Å². The average molecular weight is 335 g/mol. The Labute approximate surface area is 113 Å². The summed E-state index contributed by atoms with van der Waals surface area (Å²) >= 11 is 3.10. The molecule has 19 heavy (non-hydrogen) atoms. The van der Waals surface area contributed by atoms with Gasteiger partial charge in [-0.05, 0) is 40.2 Å². The third-order valence-corrected chi connectivity index (χ3v) is 3.00. The number of alkyl halides is 3. The first-order chi connectivity index (χ1) is 8.79. The minimum absolute atomic E-state index is 0.113. The zero-order valence-corrected chi connectivity index (χ0v) is 10.7. The van der Waals surface area contributed by atoms with Crippen LogP contribution in [-0.2, 0) is 6.18 Å². The minimum atomic E-state index is -4.47. The fourth-order valence-electron chi connectivity index (χ4n) is 1.44. The van der Waals surface area contributed by atoms with Crippen molar-refractivity contribution >= 4 is 21.9 Å². The molecule has 1 N–H and O–H groups in total. The van der Waals surface area contributed by atoms with Crippen LogP contribution >= 0.6 is 15.9 Å². The van der Waals surface area contributed by atoms with Crippen LogP contribution in [0.1, 0.15) is 16.1 Å². The van der Waals surface area contributed by atoms with Gasteiger partial charge >= 0.3 is 12.1 Å². The molecule has 1 aromatic heterocycles. The molecular formula is C11H6BrF3N2O2. The Kier molecular flexibility index (Phi) is 3.36. The highest BCUT2D eigenvalue weighted by Crippen LogP contribution is 2.33. The smallest absolute Gasteiger partial charge is 0.416 e. The molecule has 100 valence electrons. The van der Waals surface area contributed by atoms with Gasteiger partial charge < -0.3 is 5.11 Å². The van der Waals surface area contributed by atoms with E-state index in [1.165, 1.54) is 18.3 Å². The minimum Gasteiger partial charge on any atom is -0.476 e. The Bertz CT molecular complexity index is 637. The van der Waals surface area contributed by atoms with Gasteiger partial charge in [0.15, 0.2) is 5.69 Å². The topological polar surface area (TPSA) is 55.1 Å². The average Bonchev–Trinajstić information content (AvgIpc) is 2.77. The Morgan fingerprint density at radius 1 is 1.32 bits per heavy atom.